The van der Waals surface area contributed by atoms with E-state index in [1.54, 1.807) is 25.6 Å². The molecular weight excluding hydrogens is 472 g/mol. The van der Waals surface area contributed by atoms with Gasteiger partial charge in [-0.05, 0) is 60.0 Å². The highest BCUT2D eigenvalue weighted by Gasteiger charge is 2.34. The number of fused-ring (bicyclic) bond motifs is 1. The van der Waals surface area contributed by atoms with Crippen molar-refractivity contribution in [3.63, 3.8) is 0 Å². The van der Waals surface area contributed by atoms with Crippen LogP contribution in [0.1, 0.15) is 49.4 Å². The van der Waals surface area contributed by atoms with Gasteiger partial charge in [0.1, 0.15) is 4.88 Å². The number of esters is 1. The predicted molar refractivity (Wildman–Crippen MR) is 131 cm³/mol. The summed E-state index contributed by atoms with van der Waals surface area (Å²) >= 11 is 3.04. The molecule has 0 fully saturated rings. The average molecular weight is 497 g/mol. The molecule has 1 aliphatic heterocycles. The van der Waals surface area contributed by atoms with Crippen LogP contribution in [-0.4, -0.2) is 43.4 Å². The van der Waals surface area contributed by atoms with Gasteiger partial charge in [-0.25, -0.2) is 9.80 Å². The largest absolute Gasteiger partial charge is 0.493 e. The molecule has 0 saturated carbocycles. The summed E-state index contributed by atoms with van der Waals surface area (Å²) in [5.41, 5.74) is 2.91. The van der Waals surface area contributed by atoms with Crippen molar-refractivity contribution in [1.29, 1.82) is 0 Å². The number of methoxy groups -OCH3 is 2. The Hall–Kier alpha value is -3.17. The van der Waals surface area contributed by atoms with E-state index in [0.29, 0.717) is 22.8 Å². The number of nitrogens with zero attached hydrogens (tertiary/aromatic N) is 2. The maximum Gasteiger partial charge on any atom is 0.348 e. The molecular formula is C25H24N2O5S2. The molecule has 1 aliphatic carbocycles. The van der Waals surface area contributed by atoms with Gasteiger partial charge in [-0.15, -0.1) is 22.7 Å². The smallest absolute Gasteiger partial charge is 0.348 e. The number of hydrazone groups is 1. The van der Waals surface area contributed by atoms with E-state index in [1.165, 1.54) is 26.8 Å². The second kappa shape index (κ2) is 9.60. The minimum absolute atomic E-state index is 0.339. The highest BCUT2D eigenvalue weighted by Crippen LogP contribution is 2.38. The molecule has 0 unspecified atom stereocenters. The number of thiophene rings is 2. The molecule has 1 atom stereocenters. The lowest BCUT2D eigenvalue weighted by Gasteiger charge is -2.22. The lowest BCUT2D eigenvalue weighted by Crippen LogP contribution is -2.31. The molecule has 2 aromatic heterocycles. The Bertz CT molecular complexity index is 1230. The van der Waals surface area contributed by atoms with Crippen molar-refractivity contribution >= 4 is 40.3 Å². The molecule has 0 saturated heterocycles. The average Bonchev–Trinajstić information content (AvgIpc) is 3.64. The van der Waals surface area contributed by atoms with Crippen molar-refractivity contribution < 1.29 is 23.8 Å². The van der Waals surface area contributed by atoms with Gasteiger partial charge in [0.2, 0.25) is 0 Å². The van der Waals surface area contributed by atoms with Gasteiger partial charge >= 0.3 is 5.97 Å². The van der Waals surface area contributed by atoms with Crippen LogP contribution in [0, 0.1) is 0 Å². The summed E-state index contributed by atoms with van der Waals surface area (Å²) in [5.74, 6) is 0.355. The fourth-order valence-electron chi connectivity index (χ4n) is 4.35. The highest BCUT2D eigenvalue weighted by atomic mass is 32.1. The number of amides is 1. The van der Waals surface area contributed by atoms with E-state index in [-0.39, 0.29) is 18.6 Å². The maximum atomic E-state index is 13.2. The van der Waals surface area contributed by atoms with Crippen molar-refractivity contribution in [2.45, 2.75) is 31.7 Å². The van der Waals surface area contributed by atoms with E-state index in [1.807, 2.05) is 41.8 Å². The lowest BCUT2D eigenvalue weighted by molar-refractivity contribution is -0.136. The van der Waals surface area contributed by atoms with Crippen LogP contribution in [0.2, 0.25) is 0 Å². The fourth-order valence-corrected chi connectivity index (χ4v) is 6.21. The van der Waals surface area contributed by atoms with Crippen LogP contribution >= 0.6 is 22.7 Å². The minimum atomic E-state index is -0.461. The summed E-state index contributed by atoms with van der Waals surface area (Å²) in [7, 11) is 3.16. The summed E-state index contributed by atoms with van der Waals surface area (Å²) in [5, 5.41) is 8.04. The molecule has 3 heterocycles. The molecule has 9 heteroatoms. The van der Waals surface area contributed by atoms with E-state index in [0.717, 1.165) is 35.4 Å². The van der Waals surface area contributed by atoms with E-state index < -0.39 is 5.97 Å². The molecule has 1 aromatic carbocycles. The van der Waals surface area contributed by atoms with Crippen molar-refractivity contribution in [1.82, 2.24) is 5.01 Å². The summed E-state index contributed by atoms with van der Waals surface area (Å²) < 4.78 is 16.2. The molecule has 7 nitrogen and oxygen atoms in total. The van der Waals surface area contributed by atoms with Crippen molar-refractivity contribution in [3.05, 3.63) is 67.5 Å². The summed E-state index contributed by atoms with van der Waals surface area (Å²) in [6.07, 6.45) is 3.69. The van der Waals surface area contributed by atoms with Gasteiger partial charge < -0.3 is 14.2 Å². The van der Waals surface area contributed by atoms with Gasteiger partial charge in [-0.1, -0.05) is 12.1 Å². The monoisotopic (exact) mass is 496 g/mol. The van der Waals surface area contributed by atoms with Crippen LogP contribution in [0.4, 0.5) is 0 Å². The van der Waals surface area contributed by atoms with Gasteiger partial charge in [0.15, 0.2) is 18.1 Å². The third-order valence-corrected chi connectivity index (χ3v) is 8.17. The molecule has 34 heavy (non-hydrogen) atoms. The Kier molecular flexibility index (Phi) is 6.38. The number of aryl methyl sites for hydroxylation is 2. The van der Waals surface area contributed by atoms with E-state index >= 15 is 0 Å². The first-order valence-electron chi connectivity index (χ1n) is 11.0. The van der Waals surface area contributed by atoms with E-state index in [2.05, 4.69) is 5.10 Å². The third-order valence-electron chi connectivity index (χ3n) is 6.04. The van der Waals surface area contributed by atoms with Crippen molar-refractivity contribution in [3.8, 4) is 11.5 Å². The zero-order chi connectivity index (χ0) is 23.7. The quantitative estimate of drug-likeness (QED) is 0.437. The number of ether oxygens (including phenoxy) is 3. The summed E-state index contributed by atoms with van der Waals surface area (Å²) in [6.45, 7) is -0.369. The Morgan fingerprint density at radius 1 is 1.12 bits per heavy atom. The zero-order valence-electron chi connectivity index (χ0n) is 18.9. The second-order valence-electron chi connectivity index (χ2n) is 8.09. The SMILES string of the molecule is COc1ccc([C@H]2CC(c3cccs3)=NN2C(=O)COC(=O)c2cc3c(s2)CCC3)cc1OC. The lowest BCUT2D eigenvalue weighted by atomic mass is 10.0. The molecule has 1 amide bonds. The fraction of sp³-hybridized carbons (Fsp3) is 0.320. The maximum absolute atomic E-state index is 13.2. The molecule has 0 radical (unpaired) electrons. The van der Waals surface area contributed by atoms with Gasteiger partial charge in [-0.2, -0.15) is 5.10 Å². The zero-order valence-corrected chi connectivity index (χ0v) is 20.5. The van der Waals surface area contributed by atoms with Gasteiger partial charge in [0.05, 0.1) is 30.9 Å². The van der Waals surface area contributed by atoms with Gasteiger partial charge in [0, 0.05) is 11.3 Å². The van der Waals surface area contributed by atoms with Crippen LogP contribution in [0.5, 0.6) is 11.5 Å². The van der Waals surface area contributed by atoms with E-state index in [9.17, 15) is 9.59 Å². The predicted octanol–water partition coefficient (Wildman–Crippen LogP) is 4.85. The molecule has 5 rings (SSSR count). The van der Waals surface area contributed by atoms with Crippen LogP contribution < -0.4 is 9.47 Å². The Labute approximate surface area is 205 Å². The third kappa shape index (κ3) is 4.33. The summed E-state index contributed by atoms with van der Waals surface area (Å²) in [4.78, 5) is 28.6. The number of hydrogen-bond donors (Lipinski definition) is 0. The first kappa shape index (κ1) is 22.6. The minimum Gasteiger partial charge on any atom is -0.493 e. The van der Waals surface area contributed by atoms with Crippen LogP contribution in [-0.2, 0) is 22.4 Å². The molecule has 0 bridgehead atoms. The van der Waals surface area contributed by atoms with E-state index in [4.69, 9.17) is 14.2 Å². The topological polar surface area (TPSA) is 77.4 Å². The Balaban J connectivity index is 1.35. The highest BCUT2D eigenvalue weighted by molar-refractivity contribution is 7.14. The van der Waals surface area contributed by atoms with Crippen LogP contribution in [0.3, 0.4) is 0 Å². The summed E-state index contributed by atoms with van der Waals surface area (Å²) in [6, 6.07) is 11.1. The number of carbonyl (C=O) groups excluding carboxylic acids is 2. The standard InChI is InChI=1S/C25H24N2O5S2/c1-30-19-9-8-15(11-20(19)31-2)18-13-17(22-7-4-10-33-22)26-27(18)24(28)14-32-25(29)23-12-16-5-3-6-21(16)34-23/h4,7-12,18H,3,5-6,13-14H2,1-2H3/t18-/m1/s1. The van der Waals surface area contributed by atoms with Crippen LogP contribution in [0.15, 0.2) is 46.9 Å². The first-order chi connectivity index (χ1) is 16.6. The number of benzene rings is 1. The molecule has 0 N–H and O–H groups in total. The normalized spacial score (nSPS) is 16.8. The van der Waals surface area contributed by atoms with Crippen molar-refractivity contribution in [2.75, 3.05) is 20.8 Å². The van der Waals surface area contributed by atoms with Crippen molar-refractivity contribution in [2.24, 2.45) is 5.10 Å². The molecule has 3 aromatic rings. The number of carbonyl (C=O) groups is 2. The molecule has 176 valence electrons. The first-order valence-corrected chi connectivity index (χ1v) is 12.7. The second-order valence-corrected chi connectivity index (χ2v) is 10.2. The number of rotatable bonds is 7. The molecule has 2 aliphatic rings. The molecule has 0 spiro atoms. The van der Waals surface area contributed by atoms with Gasteiger partial charge in [0.25, 0.3) is 5.91 Å². The number of hydrogen-bond acceptors (Lipinski definition) is 8. The Morgan fingerprint density at radius 3 is 2.71 bits per heavy atom. The van der Waals surface area contributed by atoms with Gasteiger partial charge in [-0.3, -0.25) is 4.79 Å². The Morgan fingerprint density at radius 2 is 1.97 bits per heavy atom. The van der Waals surface area contributed by atoms with Crippen LogP contribution in [0.25, 0.3) is 0 Å².